The lowest BCUT2D eigenvalue weighted by Crippen LogP contribution is -2.64. The number of hydrogen-bond donors (Lipinski definition) is 1. The Hall–Kier alpha value is -0.120. The van der Waals surface area contributed by atoms with Crippen LogP contribution in [0, 0.1) is 5.41 Å². The van der Waals surface area contributed by atoms with Gasteiger partial charge in [0.1, 0.15) is 13.1 Å². The fourth-order valence-electron chi connectivity index (χ4n) is 1.62. The van der Waals surface area contributed by atoms with Crippen molar-refractivity contribution in [2.45, 2.75) is 26.6 Å². The van der Waals surface area contributed by atoms with Crippen molar-refractivity contribution in [2.24, 2.45) is 5.41 Å². The predicted octanol–water partition coefficient (Wildman–Crippen LogP) is 0.828. The standard InChI is InChI=1S/C10H22NO2/c1-9(2,3)10(12)8-11(4,5)6-7-13-10/h12H,6-8H2,1-5H3/q+1/t10-/m1/s1. The molecule has 78 valence electrons. The summed E-state index contributed by atoms with van der Waals surface area (Å²) in [4.78, 5) is 0. The lowest BCUT2D eigenvalue weighted by molar-refractivity contribution is -0.912. The summed E-state index contributed by atoms with van der Waals surface area (Å²) in [7, 11) is 4.25. The molecule has 3 heteroatoms. The van der Waals surface area contributed by atoms with Crippen LogP contribution < -0.4 is 0 Å². The number of likely N-dealkylation sites (N-methyl/N-ethyl adjacent to an activating group) is 1. The first-order valence-electron chi connectivity index (χ1n) is 4.85. The molecule has 0 spiro atoms. The minimum Gasteiger partial charge on any atom is -0.361 e. The van der Waals surface area contributed by atoms with Crippen LogP contribution in [-0.4, -0.2) is 49.2 Å². The van der Waals surface area contributed by atoms with Crippen molar-refractivity contribution in [3.63, 3.8) is 0 Å². The van der Waals surface area contributed by atoms with E-state index in [9.17, 15) is 5.11 Å². The van der Waals surface area contributed by atoms with Crippen molar-refractivity contribution in [3.05, 3.63) is 0 Å². The molecule has 13 heavy (non-hydrogen) atoms. The molecule has 0 aliphatic carbocycles. The first-order valence-corrected chi connectivity index (χ1v) is 4.85. The number of rotatable bonds is 0. The predicted molar refractivity (Wildman–Crippen MR) is 52.2 cm³/mol. The normalized spacial score (nSPS) is 34.6. The van der Waals surface area contributed by atoms with Crippen LogP contribution in [0.3, 0.4) is 0 Å². The van der Waals surface area contributed by atoms with Crippen molar-refractivity contribution >= 4 is 0 Å². The smallest absolute Gasteiger partial charge is 0.221 e. The van der Waals surface area contributed by atoms with Gasteiger partial charge in [-0.05, 0) is 0 Å². The molecule has 1 atom stereocenters. The molecule has 1 N–H and O–H groups in total. The molecular formula is C10H22NO2+. The van der Waals surface area contributed by atoms with Gasteiger partial charge in [0.25, 0.3) is 0 Å². The van der Waals surface area contributed by atoms with Crippen molar-refractivity contribution in [1.29, 1.82) is 0 Å². The number of nitrogens with zero attached hydrogens (tertiary/aromatic N) is 1. The minimum atomic E-state index is -0.977. The third kappa shape index (κ3) is 2.22. The van der Waals surface area contributed by atoms with Crippen molar-refractivity contribution in [2.75, 3.05) is 33.8 Å². The van der Waals surface area contributed by atoms with Crippen LogP contribution in [0.4, 0.5) is 0 Å². The van der Waals surface area contributed by atoms with Gasteiger partial charge in [-0.25, -0.2) is 0 Å². The Bertz CT molecular complexity index is 196. The average molecular weight is 188 g/mol. The molecule has 1 aliphatic heterocycles. The molecule has 0 bridgehead atoms. The molecule has 0 amide bonds. The summed E-state index contributed by atoms with van der Waals surface area (Å²) >= 11 is 0. The van der Waals surface area contributed by atoms with E-state index in [2.05, 4.69) is 14.1 Å². The van der Waals surface area contributed by atoms with Crippen LogP contribution in [0.1, 0.15) is 20.8 Å². The summed E-state index contributed by atoms with van der Waals surface area (Å²) in [5, 5.41) is 10.3. The summed E-state index contributed by atoms with van der Waals surface area (Å²) in [6.07, 6.45) is 0. The molecule has 1 aliphatic rings. The zero-order valence-electron chi connectivity index (χ0n) is 9.42. The summed E-state index contributed by atoms with van der Waals surface area (Å²) in [6.45, 7) is 8.31. The van der Waals surface area contributed by atoms with Gasteiger partial charge in [-0.15, -0.1) is 0 Å². The van der Waals surface area contributed by atoms with Gasteiger partial charge in [0, 0.05) is 5.41 Å². The summed E-state index contributed by atoms with van der Waals surface area (Å²) in [6, 6.07) is 0. The van der Waals surface area contributed by atoms with E-state index in [-0.39, 0.29) is 5.41 Å². The molecule has 0 unspecified atom stereocenters. The highest BCUT2D eigenvalue weighted by molar-refractivity contribution is 4.83. The maximum absolute atomic E-state index is 10.3. The number of morpholine rings is 1. The van der Waals surface area contributed by atoms with E-state index in [1.54, 1.807) is 0 Å². The molecule has 0 saturated carbocycles. The molecule has 1 saturated heterocycles. The van der Waals surface area contributed by atoms with Crippen LogP contribution >= 0.6 is 0 Å². The highest BCUT2D eigenvalue weighted by atomic mass is 16.6. The molecule has 3 nitrogen and oxygen atoms in total. The average Bonchev–Trinajstić information content (AvgIpc) is 1.80. The summed E-state index contributed by atoms with van der Waals surface area (Å²) in [5.41, 5.74) is -0.219. The SMILES string of the molecule is CC(C)(C)[C@@]1(O)C[N+](C)(C)CCO1. The first kappa shape index (κ1) is 11.0. The lowest BCUT2D eigenvalue weighted by atomic mass is 9.84. The van der Waals surface area contributed by atoms with Crippen LogP contribution in [0.2, 0.25) is 0 Å². The maximum atomic E-state index is 10.3. The van der Waals surface area contributed by atoms with Crippen molar-refractivity contribution in [3.8, 4) is 0 Å². The van der Waals surface area contributed by atoms with Gasteiger partial charge in [-0.1, -0.05) is 20.8 Å². The zero-order valence-corrected chi connectivity index (χ0v) is 9.42. The van der Waals surface area contributed by atoms with Gasteiger partial charge in [0.15, 0.2) is 0 Å². The largest absolute Gasteiger partial charge is 0.361 e. The van der Waals surface area contributed by atoms with E-state index in [0.29, 0.717) is 13.2 Å². The number of ether oxygens (including phenoxy) is 1. The van der Waals surface area contributed by atoms with Gasteiger partial charge in [-0.3, -0.25) is 0 Å². The molecule has 0 radical (unpaired) electrons. The maximum Gasteiger partial charge on any atom is 0.221 e. The molecule has 0 aromatic rings. The second-order valence-corrected chi connectivity index (χ2v) is 5.70. The van der Waals surface area contributed by atoms with Crippen LogP contribution in [0.15, 0.2) is 0 Å². The molecule has 1 rings (SSSR count). The second-order valence-electron chi connectivity index (χ2n) is 5.70. The van der Waals surface area contributed by atoms with E-state index in [0.717, 1.165) is 11.0 Å². The molecule has 0 aromatic heterocycles. The fraction of sp³-hybridized carbons (Fsp3) is 1.00. The molecule has 1 fully saturated rings. The Morgan fingerprint density at radius 3 is 2.15 bits per heavy atom. The molecule has 1 heterocycles. The van der Waals surface area contributed by atoms with Crippen LogP contribution in [0.5, 0.6) is 0 Å². The topological polar surface area (TPSA) is 29.5 Å². The summed E-state index contributed by atoms with van der Waals surface area (Å²) < 4.78 is 6.33. The Balaban J connectivity index is 2.81. The third-order valence-corrected chi connectivity index (χ3v) is 2.85. The Kier molecular flexibility index (Phi) is 2.48. The highest BCUT2D eigenvalue weighted by Gasteiger charge is 2.49. The number of quaternary nitrogens is 1. The van der Waals surface area contributed by atoms with Gasteiger partial charge in [0.2, 0.25) is 5.79 Å². The Labute approximate surface area is 80.9 Å². The van der Waals surface area contributed by atoms with E-state index >= 15 is 0 Å². The van der Waals surface area contributed by atoms with Crippen LogP contribution in [0.25, 0.3) is 0 Å². The summed E-state index contributed by atoms with van der Waals surface area (Å²) in [5.74, 6) is -0.977. The lowest BCUT2D eigenvalue weighted by Gasteiger charge is -2.48. The van der Waals surface area contributed by atoms with Gasteiger partial charge in [-0.2, -0.15) is 0 Å². The number of hydrogen-bond acceptors (Lipinski definition) is 2. The van der Waals surface area contributed by atoms with Crippen molar-refractivity contribution < 1.29 is 14.3 Å². The van der Waals surface area contributed by atoms with E-state index in [4.69, 9.17) is 4.74 Å². The van der Waals surface area contributed by atoms with Crippen LogP contribution in [-0.2, 0) is 4.74 Å². The Morgan fingerprint density at radius 1 is 1.31 bits per heavy atom. The van der Waals surface area contributed by atoms with Crippen molar-refractivity contribution in [1.82, 2.24) is 0 Å². The van der Waals surface area contributed by atoms with Gasteiger partial charge >= 0.3 is 0 Å². The first-order chi connectivity index (χ1) is 5.66. The minimum absolute atomic E-state index is 0.219. The quantitative estimate of drug-likeness (QED) is 0.571. The third-order valence-electron chi connectivity index (χ3n) is 2.85. The van der Waals surface area contributed by atoms with E-state index in [1.807, 2.05) is 20.8 Å². The molecular weight excluding hydrogens is 166 g/mol. The van der Waals surface area contributed by atoms with E-state index in [1.165, 1.54) is 0 Å². The zero-order chi connectivity index (χ0) is 10.3. The van der Waals surface area contributed by atoms with Gasteiger partial charge in [0.05, 0.1) is 20.7 Å². The Morgan fingerprint density at radius 2 is 1.85 bits per heavy atom. The second kappa shape index (κ2) is 2.94. The van der Waals surface area contributed by atoms with E-state index < -0.39 is 5.79 Å². The fourth-order valence-corrected chi connectivity index (χ4v) is 1.62. The molecule has 0 aromatic carbocycles. The highest BCUT2D eigenvalue weighted by Crippen LogP contribution is 2.35. The number of aliphatic hydroxyl groups is 1. The monoisotopic (exact) mass is 188 g/mol. The van der Waals surface area contributed by atoms with Gasteiger partial charge < -0.3 is 14.3 Å².